The Kier molecular flexibility index (Phi) is 8.59. The second-order valence-corrected chi connectivity index (χ2v) is 9.81. The highest BCUT2D eigenvalue weighted by Crippen LogP contribution is 2.33. The quantitative estimate of drug-likeness (QED) is 0.167. The molecule has 0 aliphatic carbocycles. The summed E-state index contributed by atoms with van der Waals surface area (Å²) in [4.78, 5) is 12.2. The standard InChI is InChI=1S/C26H20Cl3N3O3S/c1-2-32-24(17-8-10-19(27)11-9-17)30-31-26(32)36-23(25(33)34)14-18-5-3-4-6-22(18)35-15-16-7-12-20(28)21(29)13-16/h3-14H,2,15H2,1H3,(H,33,34)/b23-14-. The van der Waals surface area contributed by atoms with Crippen molar-refractivity contribution < 1.29 is 14.6 Å². The Labute approximate surface area is 227 Å². The Hall–Kier alpha value is -2.97. The number of rotatable bonds is 9. The molecule has 0 bridgehead atoms. The fourth-order valence-corrected chi connectivity index (χ4v) is 4.68. The number of hydrogen-bond donors (Lipinski definition) is 1. The minimum Gasteiger partial charge on any atom is -0.488 e. The van der Waals surface area contributed by atoms with Crippen molar-refractivity contribution in [3.8, 4) is 17.1 Å². The molecule has 0 amide bonds. The summed E-state index contributed by atoms with van der Waals surface area (Å²) >= 11 is 19.1. The van der Waals surface area contributed by atoms with E-state index in [0.29, 0.717) is 43.9 Å². The van der Waals surface area contributed by atoms with Gasteiger partial charge in [-0.25, -0.2) is 4.79 Å². The van der Waals surface area contributed by atoms with Gasteiger partial charge >= 0.3 is 5.97 Å². The van der Waals surface area contributed by atoms with Crippen LogP contribution in [0.3, 0.4) is 0 Å². The molecule has 184 valence electrons. The van der Waals surface area contributed by atoms with Crippen molar-refractivity contribution >= 4 is 58.6 Å². The van der Waals surface area contributed by atoms with Crippen LogP contribution in [-0.2, 0) is 17.9 Å². The van der Waals surface area contributed by atoms with Crippen LogP contribution in [0.25, 0.3) is 17.5 Å². The monoisotopic (exact) mass is 559 g/mol. The van der Waals surface area contributed by atoms with Crippen LogP contribution in [-0.4, -0.2) is 25.8 Å². The number of ether oxygens (including phenoxy) is 1. The van der Waals surface area contributed by atoms with Gasteiger partial charge in [0, 0.05) is 22.7 Å². The minimum absolute atomic E-state index is 0.0744. The first kappa shape index (κ1) is 26.1. The van der Waals surface area contributed by atoms with E-state index < -0.39 is 5.97 Å². The molecule has 0 fully saturated rings. The maximum absolute atomic E-state index is 12.2. The molecule has 0 saturated heterocycles. The van der Waals surface area contributed by atoms with Crippen molar-refractivity contribution in [2.24, 2.45) is 0 Å². The Morgan fingerprint density at radius 3 is 2.47 bits per heavy atom. The summed E-state index contributed by atoms with van der Waals surface area (Å²) in [6, 6.07) is 19.7. The lowest BCUT2D eigenvalue weighted by atomic mass is 10.2. The van der Waals surface area contributed by atoms with E-state index in [4.69, 9.17) is 39.5 Å². The minimum atomic E-state index is -1.09. The number of thioether (sulfide) groups is 1. The summed E-state index contributed by atoms with van der Waals surface area (Å²) in [5.41, 5.74) is 2.28. The van der Waals surface area contributed by atoms with Gasteiger partial charge in [0.05, 0.1) is 10.0 Å². The van der Waals surface area contributed by atoms with E-state index >= 15 is 0 Å². The molecule has 4 rings (SSSR count). The Balaban J connectivity index is 1.60. The molecule has 1 aromatic heterocycles. The zero-order valence-electron chi connectivity index (χ0n) is 19.0. The Morgan fingerprint density at radius 1 is 1.03 bits per heavy atom. The van der Waals surface area contributed by atoms with Gasteiger partial charge < -0.3 is 14.4 Å². The zero-order chi connectivity index (χ0) is 25.7. The molecule has 4 aromatic rings. The third kappa shape index (κ3) is 6.23. The molecular weight excluding hydrogens is 541 g/mol. The molecule has 10 heteroatoms. The van der Waals surface area contributed by atoms with Crippen molar-refractivity contribution in [2.75, 3.05) is 0 Å². The van der Waals surface area contributed by atoms with Gasteiger partial charge in [-0.05, 0) is 72.8 Å². The lowest BCUT2D eigenvalue weighted by Crippen LogP contribution is -2.03. The lowest BCUT2D eigenvalue weighted by Gasteiger charge is -2.11. The highest BCUT2D eigenvalue weighted by molar-refractivity contribution is 8.04. The smallest absolute Gasteiger partial charge is 0.342 e. The number of hydrogen-bond acceptors (Lipinski definition) is 5. The summed E-state index contributed by atoms with van der Waals surface area (Å²) in [6.45, 7) is 2.75. The van der Waals surface area contributed by atoms with E-state index in [1.54, 1.807) is 42.5 Å². The molecular formula is C26H20Cl3N3O3S. The van der Waals surface area contributed by atoms with E-state index in [1.165, 1.54) is 0 Å². The fourth-order valence-electron chi connectivity index (χ4n) is 3.36. The maximum Gasteiger partial charge on any atom is 0.342 e. The van der Waals surface area contributed by atoms with Gasteiger partial charge in [0.1, 0.15) is 17.3 Å². The van der Waals surface area contributed by atoms with Gasteiger partial charge in [-0.15, -0.1) is 10.2 Å². The molecule has 3 aromatic carbocycles. The summed E-state index contributed by atoms with van der Waals surface area (Å²) < 4.78 is 7.83. The van der Waals surface area contributed by atoms with Crippen LogP contribution in [0.15, 0.2) is 76.8 Å². The maximum atomic E-state index is 12.2. The Bertz CT molecular complexity index is 1420. The number of aromatic nitrogens is 3. The second kappa shape index (κ2) is 11.8. The number of nitrogens with zero attached hydrogens (tertiary/aromatic N) is 3. The normalized spacial score (nSPS) is 11.5. The molecule has 0 aliphatic rings. The summed E-state index contributed by atoms with van der Waals surface area (Å²) in [6.07, 6.45) is 1.56. The van der Waals surface area contributed by atoms with Gasteiger partial charge in [-0.1, -0.05) is 59.1 Å². The first-order chi connectivity index (χ1) is 17.4. The molecule has 0 radical (unpaired) electrons. The number of carbonyl (C=O) groups is 1. The molecule has 0 unspecified atom stereocenters. The van der Waals surface area contributed by atoms with Crippen LogP contribution >= 0.6 is 46.6 Å². The van der Waals surface area contributed by atoms with Crippen molar-refractivity contribution in [1.29, 1.82) is 0 Å². The molecule has 0 saturated carbocycles. The Morgan fingerprint density at radius 2 is 1.78 bits per heavy atom. The van der Waals surface area contributed by atoms with E-state index in [2.05, 4.69) is 10.2 Å². The topological polar surface area (TPSA) is 77.2 Å². The van der Waals surface area contributed by atoms with Gasteiger partial charge in [-0.2, -0.15) is 0 Å². The third-order valence-corrected chi connectivity index (χ3v) is 7.12. The lowest BCUT2D eigenvalue weighted by molar-refractivity contribution is -0.131. The largest absolute Gasteiger partial charge is 0.488 e. The number of aliphatic carboxylic acids is 1. The summed E-state index contributed by atoms with van der Waals surface area (Å²) in [7, 11) is 0. The van der Waals surface area contributed by atoms with Crippen LogP contribution in [0, 0.1) is 0 Å². The first-order valence-electron chi connectivity index (χ1n) is 10.8. The molecule has 1 heterocycles. The average molecular weight is 561 g/mol. The van der Waals surface area contributed by atoms with Crippen LogP contribution in [0.5, 0.6) is 5.75 Å². The van der Waals surface area contributed by atoms with Gasteiger partial charge in [-0.3, -0.25) is 0 Å². The van der Waals surface area contributed by atoms with Gasteiger partial charge in [0.2, 0.25) is 0 Å². The second-order valence-electron chi connectivity index (χ2n) is 7.55. The fraction of sp³-hybridized carbons (Fsp3) is 0.115. The zero-order valence-corrected chi connectivity index (χ0v) is 22.1. The van der Waals surface area contributed by atoms with Crippen LogP contribution < -0.4 is 4.74 Å². The first-order valence-corrected chi connectivity index (χ1v) is 12.8. The van der Waals surface area contributed by atoms with E-state index in [1.807, 2.05) is 41.8 Å². The molecule has 0 atom stereocenters. The predicted molar refractivity (Wildman–Crippen MR) is 145 cm³/mol. The number of para-hydroxylation sites is 1. The summed E-state index contributed by atoms with van der Waals surface area (Å²) in [5.74, 6) is 0.0754. The highest BCUT2D eigenvalue weighted by Gasteiger charge is 2.19. The van der Waals surface area contributed by atoms with Crippen molar-refractivity contribution in [3.63, 3.8) is 0 Å². The molecule has 6 nitrogen and oxygen atoms in total. The molecule has 36 heavy (non-hydrogen) atoms. The van der Waals surface area contributed by atoms with Crippen molar-refractivity contribution in [3.05, 3.63) is 97.8 Å². The SMILES string of the molecule is CCn1c(S/C(=C\c2ccccc2OCc2ccc(Cl)c(Cl)c2)C(=O)O)nnc1-c1ccc(Cl)cc1. The van der Waals surface area contributed by atoms with Crippen molar-refractivity contribution in [1.82, 2.24) is 14.8 Å². The molecule has 0 spiro atoms. The summed E-state index contributed by atoms with van der Waals surface area (Å²) in [5, 5.41) is 20.5. The third-order valence-electron chi connectivity index (χ3n) is 5.13. The van der Waals surface area contributed by atoms with Gasteiger partial charge in [0.25, 0.3) is 0 Å². The highest BCUT2D eigenvalue weighted by atomic mass is 35.5. The number of halogens is 3. The van der Waals surface area contributed by atoms with Crippen molar-refractivity contribution in [2.45, 2.75) is 25.2 Å². The van der Waals surface area contributed by atoms with E-state index in [9.17, 15) is 9.90 Å². The van der Waals surface area contributed by atoms with Crippen LogP contribution in [0.1, 0.15) is 18.1 Å². The number of benzene rings is 3. The molecule has 0 aliphatic heterocycles. The molecule has 1 N–H and O–H groups in total. The number of carboxylic acids is 1. The van der Waals surface area contributed by atoms with Crippen LogP contribution in [0.2, 0.25) is 15.1 Å². The van der Waals surface area contributed by atoms with Gasteiger partial charge in [0.15, 0.2) is 11.0 Å². The number of carboxylic acid groups (broad SMARTS) is 1. The predicted octanol–water partition coefficient (Wildman–Crippen LogP) is 7.72. The van der Waals surface area contributed by atoms with E-state index in [0.717, 1.165) is 22.9 Å². The average Bonchev–Trinajstić information content (AvgIpc) is 3.28. The van der Waals surface area contributed by atoms with Crippen LogP contribution in [0.4, 0.5) is 0 Å². The van der Waals surface area contributed by atoms with E-state index in [-0.39, 0.29) is 11.5 Å².